The number of amides is 1. The fraction of sp³-hybridized carbons (Fsp3) is 0.333. The van der Waals surface area contributed by atoms with E-state index in [2.05, 4.69) is 5.32 Å². The van der Waals surface area contributed by atoms with Crippen LogP contribution >= 0.6 is 0 Å². The molecule has 0 heterocycles. The minimum Gasteiger partial charge on any atom is -0.371 e. The standard InChI is InChI=1S/C12H12N2O2/c1-8(15)14-10-2-3-11-9(6-10)4-5-12(11,16)7-13/h2-3,6,16H,4-5H2,1H3,(H,14,15). The van der Waals surface area contributed by atoms with Crippen molar-refractivity contribution < 1.29 is 9.90 Å². The average Bonchev–Trinajstić information content (AvgIpc) is 2.56. The highest BCUT2D eigenvalue weighted by atomic mass is 16.3. The van der Waals surface area contributed by atoms with Gasteiger partial charge in [-0.25, -0.2) is 0 Å². The Balaban J connectivity index is 2.37. The topological polar surface area (TPSA) is 73.1 Å². The van der Waals surface area contributed by atoms with Gasteiger partial charge in [0.05, 0.1) is 0 Å². The third kappa shape index (κ3) is 1.66. The summed E-state index contributed by atoms with van der Waals surface area (Å²) in [6.07, 6.45) is 1.08. The third-order valence-corrected chi connectivity index (χ3v) is 2.81. The number of nitrogens with zero attached hydrogens (tertiary/aromatic N) is 1. The Labute approximate surface area is 93.5 Å². The highest BCUT2D eigenvalue weighted by Crippen LogP contribution is 2.37. The molecule has 0 radical (unpaired) electrons. The maximum absolute atomic E-state index is 10.9. The number of anilines is 1. The van der Waals surface area contributed by atoms with Crippen molar-refractivity contribution in [1.29, 1.82) is 5.26 Å². The highest BCUT2D eigenvalue weighted by molar-refractivity contribution is 5.88. The van der Waals surface area contributed by atoms with Gasteiger partial charge < -0.3 is 10.4 Å². The molecule has 1 aliphatic carbocycles. The van der Waals surface area contributed by atoms with E-state index in [4.69, 9.17) is 5.26 Å². The van der Waals surface area contributed by atoms with E-state index in [1.165, 1.54) is 6.92 Å². The number of nitrogens with one attached hydrogen (secondary N) is 1. The molecule has 1 unspecified atom stereocenters. The monoisotopic (exact) mass is 216 g/mol. The van der Waals surface area contributed by atoms with Gasteiger partial charge in [0, 0.05) is 18.2 Å². The molecule has 16 heavy (non-hydrogen) atoms. The maximum atomic E-state index is 10.9. The van der Waals surface area contributed by atoms with Crippen molar-refractivity contribution >= 4 is 11.6 Å². The molecule has 0 aliphatic heterocycles. The lowest BCUT2D eigenvalue weighted by Crippen LogP contribution is -2.19. The molecule has 0 bridgehead atoms. The Morgan fingerprint density at radius 1 is 1.62 bits per heavy atom. The number of carbonyl (C=O) groups excluding carboxylic acids is 1. The van der Waals surface area contributed by atoms with Crippen molar-refractivity contribution in [2.45, 2.75) is 25.4 Å². The molecule has 4 heteroatoms. The van der Waals surface area contributed by atoms with Gasteiger partial charge in [-0.3, -0.25) is 4.79 Å². The second-order valence-electron chi connectivity index (χ2n) is 4.03. The van der Waals surface area contributed by atoms with Crippen LogP contribution in [0.5, 0.6) is 0 Å². The van der Waals surface area contributed by atoms with Crippen LogP contribution in [0.3, 0.4) is 0 Å². The number of rotatable bonds is 1. The minimum absolute atomic E-state index is 0.131. The number of aryl methyl sites for hydroxylation is 1. The molecule has 1 atom stereocenters. The Kier molecular flexibility index (Phi) is 2.41. The molecule has 0 saturated carbocycles. The molecule has 2 N–H and O–H groups in total. The molecular formula is C12H12N2O2. The van der Waals surface area contributed by atoms with Crippen LogP contribution in [0.2, 0.25) is 0 Å². The van der Waals surface area contributed by atoms with Gasteiger partial charge in [0.25, 0.3) is 0 Å². The predicted octanol–water partition coefficient (Wildman–Crippen LogP) is 1.30. The second kappa shape index (κ2) is 3.62. The zero-order valence-electron chi connectivity index (χ0n) is 8.95. The third-order valence-electron chi connectivity index (χ3n) is 2.81. The molecule has 0 spiro atoms. The highest BCUT2D eigenvalue weighted by Gasteiger charge is 2.36. The number of hydrogen-bond acceptors (Lipinski definition) is 3. The van der Waals surface area contributed by atoms with Crippen LogP contribution in [0.25, 0.3) is 0 Å². The zero-order chi connectivity index (χ0) is 11.8. The molecule has 1 aliphatic rings. The number of nitriles is 1. The van der Waals surface area contributed by atoms with Crippen LogP contribution in [-0.2, 0) is 16.8 Å². The molecule has 82 valence electrons. The van der Waals surface area contributed by atoms with E-state index in [0.29, 0.717) is 24.1 Å². The van der Waals surface area contributed by atoms with Gasteiger partial charge in [0.15, 0.2) is 5.60 Å². The Morgan fingerprint density at radius 3 is 3.00 bits per heavy atom. The van der Waals surface area contributed by atoms with E-state index in [0.717, 1.165) is 5.56 Å². The first-order chi connectivity index (χ1) is 7.55. The SMILES string of the molecule is CC(=O)Nc1ccc2c(c1)CCC2(O)C#N. The predicted molar refractivity (Wildman–Crippen MR) is 58.6 cm³/mol. The summed E-state index contributed by atoms with van der Waals surface area (Å²) in [6.45, 7) is 1.44. The van der Waals surface area contributed by atoms with Gasteiger partial charge in [0.1, 0.15) is 6.07 Å². The first kappa shape index (κ1) is 10.7. The minimum atomic E-state index is -1.36. The Hall–Kier alpha value is -1.86. The van der Waals surface area contributed by atoms with Gasteiger partial charge in [-0.1, -0.05) is 6.07 Å². The summed E-state index contributed by atoms with van der Waals surface area (Å²) in [5.74, 6) is -0.131. The molecule has 2 rings (SSSR count). The van der Waals surface area contributed by atoms with Crippen molar-refractivity contribution in [3.8, 4) is 6.07 Å². The number of fused-ring (bicyclic) bond motifs is 1. The first-order valence-corrected chi connectivity index (χ1v) is 5.10. The van der Waals surface area contributed by atoms with Crippen LogP contribution in [0.4, 0.5) is 5.69 Å². The second-order valence-corrected chi connectivity index (χ2v) is 4.03. The van der Waals surface area contributed by atoms with E-state index < -0.39 is 5.60 Å². The Bertz CT molecular complexity index is 490. The van der Waals surface area contributed by atoms with Crippen molar-refractivity contribution in [3.63, 3.8) is 0 Å². The number of aliphatic hydroxyl groups is 1. The van der Waals surface area contributed by atoms with Crippen molar-refractivity contribution in [1.82, 2.24) is 0 Å². The van der Waals surface area contributed by atoms with Crippen molar-refractivity contribution in [2.75, 3.05) is 5.32 Å². The van der Waals surface area contributed by atoms with E-state index in [-0.39, 0.29) is 5.91 Å². The number of hydrogen-bond donors (Lipinski definition) is 2. The lowest BCUT2D eigenvalue weighted by Gasteiger charge is -2.14. The van der Waals surface area contributed by atoms with Crippen LogP contribution in [-0.4, -0.2) is 11.0 Å². The van der Waals surface area contributed by atoms with Crippen LogP contribution < -0.4 is 5.32 Å². The molecule has 1 aromatic rings. The van der Waals surface area contributed by atoms with Crippen LogP contribution in [0.1, 0.15) is 24.5 Å². The molecular weight excluding hydrogens is 204 g/mol. The molecule has 4 nitrogen and oxygen atoms in total. The fourth-order valence-electron chi connectivity index (χ4n) is 2.05. The van der Waals surface area contributed by atoms with Crippen molar-refractivity contribution in [2.24, 2.45) is 0 Å². The summed E-state index contributed by atoms with van der Waals surface area (Å²) in [5.41, 5.74) is 0.928. The largest absolute Gasteiger partial charge is 0.371 e. The van der Waals surface area contributed by atoms with Crippen LogP contribution in [0.15, 0.2) is 18.2 Å². The number of benzene rings is 1. The fourth-order valence-corrected chi connectivity index (χ4v) is 2.05. The summed E-state index contributed by atoms with van der Waals surface area (Å²) < 4.78 is 0. The zero-order valence-corrected chi connectivity index (χ0v) is 8.95. The normalized spacial score (nSPS) is 22.3. The van der Waals surface area contributed by atoms with Gasteiger partial charge in [0.2, 0.25) is 5.91 Å². The smallest absolute Gasteiger partial charge is 0.221 e. The lowest BCUT2D eigenvalue weighted by molar-refractivity contribution is -0.114. The molecule has 0 fully saturated rings. The van der Waals surface area contributed by atoms with E-state index in [1.807, 2.05) is 12.1 Å². The summed E-state index contributed by atoms with van der Waals surface area (Å²) in [7, 11) is 0. The first-order valence-electron chi connectivity index (χ1n) is 5.10. The summed E-state index contributed by atoms with van der Waals surface area (Å²) in [6, 6.07) is 7.14. The molecule has 0 saturated heterocycles. The average molecular weight is 216 g/mol. The molecule has 1 amide bonds. The lowest BCUT2D eigenvalue weighted by atomic mass is 9.98. The van der Waals surface area contributed by atoms with Gasteiger partial charge in [-0.05, 0) is 30.5 Å². The maximum Gasteiger partial charge on any atom is 0.221 e. The van der Waals surface area contributed by atoms with Crippen molar-refractivity contribution in [3.05, 3.63) is 29.3 Å². The van der Waals surface area contributed by atoms with Gasteiger partial charge >= 0.3 is 0 Å². The number of carbonyl (C=O) groups is 1. The Morgan fingerprint density at radius 2 is 2.38 bits per heavy atom. The van der Waals surface area contributed by atoms with E-state index in [9.17, 15) is 9.90 Å². The van der Waals surface area contributed by atoms with Crippen LogP contribution in [0, 0.1) is 11.3 Å². The molecule has 0 aromatic heterocycles. The van der Waals surface area contributed by atoms with E-state index in [1.54, 1.807) is 12.1 Å². The van der Waals surface area contributed by atoms with E-state index >= 15 is 0 Å². The summed E-state index contributed by atoms with van der Waals surface area (Å²) in [5, 5.41) is 21.6. The molecule has 1 aromatic carbocycles. The summed E-state index contributed by atoms with van der Waals surface area (Å²) >= 11 is 0. The van der Waals surface area contributed by atoms with Gasteiger partial charge in [-0.15, -0.1) is 0 Å². The quantitative estimate of drug-likeness (QED) is 0.695. The summed E-state index contributed by atoms with van der Waals surface area (Å²) in [4.78, 5) is 10.9. The van der Waals surface area contributed by atoms with Gasteiger partial charge in [-0.2, -0.15) is 5.26 Å².